The minimum atomic E-state index is 0.515. The van der Waals surface area contributed by atoms with E-state index in [1.807, 2.05) is 7.05 Å². The van der Waals surface area contributed by atoms with Gasteiger partial charge in [0.1, 0.15) is 17.5 Å². The van der Waals surface area contributed by atoms with Gasteiger partial charge in [-0.15, -0.1) is 0 Å². The van der Waals surface area contributed by atoms with Crippen molar-refractivity contribution in [2.45, 2.75) is 51.8 Å². The number of thioether (sulfide) groups is 1. The smallest absolute Gasteiger partial charge is 0.137 e. The standard InChI is InChI=1S/C15H26N4S/c1-6-7-13-17-14(16-5)10(2)15(18-13)19-8-9-20-12(4)11(19)3/h11-12H,6-9H2,1-5H3,(H,16,17,18). The van der Waals surface area contributed by atoms with Crippen molar-refractivity contribution in [3.05, 3.63) is 11.4 Å². The van der Waals surface area contributed by atoms with E-state index >= 15 is 0 Å². The Kier molecular flexibility index (Phi) is 5.13. The summed E-state index contributed by atoms with van der Waals surface area (Å²) in [6, 6.07) is 0.515. The van der Waals surface area contributed by atoms with Crippen LogP contribution in [0.4, 0.5) is 11.6 Å². The molecule has 2 rings (SSSR count). The molecule has 2 unspecified atom stereocenters. The molecule has 1 aliphatic rings. The van der Waals surface area contributed by atoms with E-state index in [0.29, 0.717) is 11.3 Å². The van der Waals surface area contributed by atoms with Crippen molar-refractivity contribution in [3.8, 4) is 0 Å². The summed E-state index contributed by atoms with van der Waals surface area (Å²) >= 11 is 2.05. The number of aryl methyl sites for hydroxylation is 1. The Hall–Kier alpha value is -0.970. The minimum absolute atomic E-state index is 0.515. The lowest BCUT2D eigenvalue weighted by Gasteiger charge is -2.39. The third kappa shape index (κ3) is 3.03. The van der Waals surface area contributed by atoms with Gasteiger partial charge in [0.05, 0.1) is 0 Å². The fourth-order valence-corrected chi connectivity index (χ4v) is 3.74. The van der Waals surface area contributed by atoms with Gasteiger partial charge in [0.2, 0.25) is 0 Å². The van der Waals surface area contributed by atoms with Gasteiger partial charge in [-0.1, -0.05) is 13.8 Å². The van der Waals surface area contributed by atoms with Gasteiger partial charge in [0.15, 0.2) is 0 Å². The first-order valence-electron chi connectivity index (χ1n) is 7.52. The number of nitrogens with one attached hydrogen (secondary N) is 1. The molecule has 2 atom stereocenters. The molecule has 1 aromatic heterocycles. The number of nitrogens with zero attached hydrogens (tertiary/aromatic N) is 3. The molecule has 1 aliphatic heterocycles. The largest absolute Gasteiger partial charge is 0.373 e. The molecule has 1 aromatic rings. The van der Waals surface area contributed by atoms with E-state index in [2.05, 4.69) is 54.7 Å². The molecule has 0 amide bonds. The fraction of sp³-hybridized carbons (Fsp3) is 0.733. The molecule has 0 spiro atoms. The Bertz CT molecular complexity index is 463. The maximum atomic E-state index is 4.84. The van der Waals surface area contributed by atoms with E-state index in [-0.39, 0.29) is 0 Å². The second kappa shape index (κ2) is 6.66. The molecule has 20 heavy (non-hydrogen) atoms. The van der Waals surface area contributed by atoms with Gasteiger partial charge in [0.25, 0.3) is 0 Å². The topological polar surface area (TPSA) is 41.1 Å². The second-order valence-electron chi connectivity index (χ2n) is 5.45. The van der Waals surface area contributed by atoms with Gasteiger partial charge >= 0.3 is 0 Å². The Morgan fingerprint density at radius 2 is 2.10 bits per heavy atom. The SMILES string of the molecule is CCCc1nc(NC)c(C)c(N2CCSC(C)C2C)n1. The highest BCUT2D eigenvalue weighted by Gasteiger charge is 2.28. The van der Waals surface area contributed by atoms with Crippen LogP contribution in [0.15, 0.2) is 0 Å². The minimum Gasteiger partial charge on any atom is -0.373 e. The first-order valence-corrected chi connectivity index (χ1v) is 8.56. The summed E-state index contributed by atoms with van der Waals surface area (Å²) in [7, 11) is 1.94. The van der Waals surface area contributed by atoms with Crippen LogP contribution in [0.25, 0.3) is 0 Å². The van der Waals surface area contributed by atoms with Crippen LogP contribution < -0.4 is 10.2 Å². The van der Waals surface area contributed by atoms with Crippen molar-refractivity contribution >= 4 is 23.4 Å². The molecule has 5 heteroatoms. The number of aromatic nitrogens is 2. The zero-order valence-corrected chi connectivity index (χ0v) is 14.0. The third-order valence-corrected chi connectivity index (χ3v) is 5.37. The van der Waals surface area contributed by atoms with Gasteiger partial charge < -0.3 is 10.2 Å². The Morgan fingerprint density at radius 1 is 1.35 bits per heavy atom. The maximum Gasteiger partial charge on any atom is 0.137 e. The molecule has 1 fully saturated rings. The summed E-state index contributed by atoms with van der Waals surface area (Å²) in [4.78, 5) is 11.9. The Morgan fingerprint density at radius 3 is 2.75 bits per heavy atom. The lowest BCUT2D eigenvalue weighted by Crippen LogP contribution is -2.45. The molecule has 1 N–H and O–H groups in total. The lowest BCUT2D eigenvalue weighted by atomic mass is 10.1. The first kappa shape index (κ1) is 15.4. The van der Waals surface area contributed by atoms with Crippen molar-refractivity contribution in [1.29, 1.82) is 0 Å². The van der Waals surface area contributed by atoms with Crippen LogP contribution in [0.2, 0.25) is 0 Å². The van der Waals surface area contributed by atoms with Crippen molar-refractivity contribution in [3.63, 3.8) is 0 Å². The quantitative estimate of drug-likeness (QED) is 0.924. The van der Waals surface area contributed by atoms with E-state index in [1.165, 1.54) is 11.3 Å². The summed E-state index contributed by atoms with van der Waals surface area (Å²) in [5, 5.41) is 3.86. The molecule has 1 saturated heterocycles. The summed E-state index contributed by atoms with van der Waals surface area (Å²) in [5.41, 5.74) is 1.17. The monoisotopic (exact) mass is 294 g/mol. The summed E-state index contributed by atoms with van der Waals surface area (Å²) in [6.07, 6.45) is 2.02. The second-order valence-corrected chi connectivity index (χ2v) is 6.93. The highest BCUT2D eigenvalue weighted by atomic mass is 32.2. The molecule has 0 saturated carbocycles. The van der Waals surface area contributed by atoms with Crippen molar-refractivity contribution < 1.29 is 0 Å². The zero-order chi connectivity index (χ0) is 14.7. The van der Waals surface area contributed by atoms with Gasteiger partial charge in [-0.05, 0) is 20.3 Å². The molecular weight excluding hydrogens is 268 g/mol. The van der Waals surface area contributed by atoms with Crippen molar-refractivity contribution in [2.75, 3.05) is 29.6 Å². The molecule has 0 aliphatic carbocycles. The van der Waals surface area contributed by atoms with Gasteiger partial charge in [-0.2, -0.15) is 11.8 Å². The van der Waals surface area contributed by atoms with Crippen LogP contribution in [0.1, 0.15) is 38.6 Å². The van der Waals surface area contributed by atoms with Crippen LogP contribution in [-0.2, 0) is 6.42 Å². The molecule has 0 aromatic carbocycles. The number of hydrogen-bond donors (Lipinski definition) is 1. The number of hydrogen-bond acceptors (Lipinski definition) is 5. The molecule has 112 valence electrons. The fourth-order valence-electron chi connectivity index (χ4n) is 2.64. The number of rotatable bonds is 4. The maximum absolute atomic E-state index is 4.84. The van der Waals surface area contributed by atoms with Crippen LogP contribution in [0.5, 0.6) is 0 Å². The van der Waals surface area contributed by atoms with E-state index < -0.39 is 0 Å². The van der Waals surface area contributed by atoms with Gasteiger partial charge in [-0.25, -0.2) is 9.97 Å². The predicted molar refractivity (Wildman–Crippen MR) is 89.0 cm³/mol. The predicted octanol–water partition coefficient (Wildman–Crippen LogP) is 3.11. The van der Waals surface area contributed by atoms with Crippen molar-refractivity contribution in [1.82, 2.24) is 9.97 Å². The number of anilines is 2. The van der Waals surface area contributed by atoms with Gasteiger partial charge in [-0.3, -0.25) is 0 Å². The van der Waals surface area contributed by atoms with E-state index in [9.17, 15) is 0 Å². The average molecular weight is 294 g/mol. The molecule has 0 radical (unpaired) electrons. The first-order chi connectivity index (χ1) is 9.58. The molecule has 4 nitrogen and oxygen atoms in total. The summed E-state index contributed by atoms with van der Waals surface area (Å²) < 4.78 is 0. The average Bonchev–Trinajstić information content (AvgIpc) is 2.44. The molecule has 2 heterocycles. The van der Waals surface area contributed by atoms with Crippen LogP contribution >= 0.6 is 11.8 Å². The third-order valence-electron chi connectivity index (χ3n) is 4.03. The Labute approximate surface area is 126 Å². The van der Waals surface area contributed by atoms with E-state index in [1.54, 1.807) is 0 Å². The zero-order valence-electron chi connectivity index (χ0n) is 13.2. The highest BCUT2D eigenvalue weighted by molar-refractivity contribution is 8.00. The van der Waals surface area contributed by atoms with Crippen LogP contribution in [0.3, 0.4) is 0 Å². The van der Waals surface area contributed by atoms with Crippen LogP contribution in [0, 0.1) is 6.92 Å². The van der Waals surface area contributed by atoms with Gasteiger partial charge in [0, 0.05) is 42.6 Å². The normalized spacial score (nSPS) is 22.9. The van der Waals surface area contributed by atoms with Crippen molar-refractivity contribution in [2.24, 2.45) is 0 Å². The Balaban J connectivity index is 2.40. The molecular formula is C15H26N4S. The molecule has 0 bridgehead atoms. The highest BCUT2D eigenvalue weighted by Crippen LogP contribution is 2.31. The van der Waals surface area contributed by atoms with E-state index in [4.69, 9.17) is 4.98 Å². The summed E-state index contributed by atoms with van der Waals surface area (Å²) in [6.45, 7) is 9.98. The van der Waals surface area contributed by atoms with Crippen LogP contribution in [-0.4, -0.2) is 40.6 Å². The lowest BCUT2D eigenvalue weighted by molar-refractivity contribution is 0.615. The summed E-state index contributed by atoms with van der Waals surface area (Å²) in [5.74, 6) is 4.21. The van der Waals surface area contributed by atoms with E-state index in [0.717, 1.165) is 36.8 Å².